The summed E-state index contributed by atoms with van der Waals surface area (Å²) >= 11 is 0. The second-order valence-electron chi connectivity index (χ2n) is 5.35. The first-order chi connectivity index (χ1) is 9.78. The van der Waals surface area contributed by atoms with Crippen LogP contribution in [0.5, 0.6) is 11.5 Å². The molecule has 2 N–H and O–H groups in total. The molecule has 0 bridgehead atoms. The van der Waals surface area contributed by atoms with Crippen molar-refractivity contribution in [2.24, 2.45) is 0 Å². The normalized spacial score (nSPS) is 22.6. The number of benzene rings is 1. The molecule has 1 fully saturated rings. The van der Waals surface area contributed by atoms with Gasteiger partial charge in [-0.2, -0.15) is 0 Å². The van der Waals surface area contributed by atoms with Crippen molar-refractivity contribution >= 4 is 0 Å². The van der Waals surface area contributed by atoms with Gasteiger partial charge in [0.15, 0.2) is 11.5 Å². The van der Waals surface area contributed by atoms with E-state index in [-0.39, 0.29) is 0 Å². The molecule has 20 heavy (non-hydrogen) atoms. The van der Waals surface area contributed by atoms with Crippen molar-refractivity contribution in [1.29, 1.82) is 0 Å². The quantitative estimate of drug-likeness (QED) is 0.863. The van der Waals surface area contributed by atoms with E-state index in [1.54, 1.807) is 14.2 Å². The van der Waals surface area contributed by atoms with Gasteiger partial charge in [0.05, 0.1) is 14.2 Å². The first kappa shape index (κ1) is 15.1. The molecular weight excluding hydrogens is 254 g/mol. The van der Waals surface area contributed by atoms with Crippen LogP contribution in [0.2, 0.25) is 0 Å². The van der Waals surface area contributed by atoms with E-state index in [0.717, 1.165) is 18.0 Å². The van der Waals surface area contributed by atoms with Gasteiger partial charge in [0.2, 0.25) is 0 Å². The molecule has 2 rings (SSSR count). The third kappa shape index (κ3) is 3.64. The average Bonchev–Trinajstić information content (AvgIpc) is 2.52. The monoisotopic (exact) mass is 280 g/mol. The minimum Gasteiger partial charge on any atom is -0.493 e. The molecule has 4 nitrogen and oxygen atoms in total. The minimum absolute atomic E-state index is 0.392. The van der Waals surface area contributed by atoms with E-state index in [1.165, 1.54) is 31.2 Å². The first-order valence-electron chi connectivity index (χ1n) is 7.35. The molecule has 0 amide bonds. The Hall–Kier alpha value is -1.26. The molecule has 1 aromatic rings. The summed E-state index contributed by atoms with van der Waals surface area (Å²) in [6.07, 6.45) is 5.42. The van der Waals surface area contributed by atoms with Gasteiger partial charge in [0.1, 0.15) is 18.7 Å². The Morgan fingerprint density at radius 2 is 1.80 bits per heavy atom. The highest BCUT2D eigenvalue weighted by molar-refractivity contribution is 5.42. The Labute approximate surface area is 121 Å². The van der Waals surface area contributed by atoms with Crippen LogP contribution in [0, 0.1) is 0 Å². The fraction of sp³-hybridized carbons (Fsp3) is 0.625. The van der Waals surface area contributed by atoms with Crippen molar-refractivity contribution in [2.45, 2.75) is 44.4 Å². The van der Waals surface area contributed by atoms with Gasteiger partial charge in [0, 0.05) is 19.1 Å². The summed E-state index contributed by atoms with van der Waals surface area (Å²) in [5.74, 6) is 1.58. The van der Waals surface area contributed by atoms with E-state index < -0.39 is 0 Å². The summed E-state index contributed by atoms with van der Waals surface area (Å²) in [6, 6.07) is 6.70. The van der Waals surface area contributed by atoms with Gasteiger partial charge in [-0.3, -0.25) is 0 Å². The standard InChI is InChI=1S/C16H25NO3/c1-18-14-7-5-4-6-13(14)17-11-12-8-9-15(19-2)16(10-12)20-3/h8-10,13-14,17H,4-7,11H2,1-3H3/p+1/t13-,14+/m1/s1. The van der Waals surface area contributed by atoms with Gasteiger partial charge in [0.25, 0.3) is 0 Å². The number of nitrogens with two attached hydrogens (primary N) is 1. The first-order valence-corrected chi connectivity index (χ1v) is 7.35. The van der Waals surface area contributed by atoms with Crippen LogP contribution >= 0.6 is 0 Å². The maximum Gasteiger partial charge on any atom is 0.161 e. The Morgan fingerprint density at radius 1 is 1.05 bits per heavy atom. The van der Waals surface area contributed by atoms with Crippen molar-refractivity contribution in [3.8, 4) is 11.5 Å². The van der Waals surface area contributed by atoms with E-state index in [4.69, 9.17) is 14.2 Å². The topological polar surface area (TPSA) is 44.3 Å². The molecule has 1 aromatic carbocycles. The lowest BCUT2D eigenvalue weighted by molar-refractivity contribution is -0.713. The zero-order valence-electron chi connectivity index (χ0n) is 12.7. The molecule has 1 aliphatic carbocycles. The van der Waals surface area contributed by atoms with Crippen molar-refractivity contribution in [1.82, 2.24) is 0 Å². The second-order valence-corrected chi connectivity index (χ2v) is 5.35. The van der Waals surface area contributed by atoms with Crippen LogP contribution < -0.4 is 14.8 Å². The highest BCUT2D eigenvalue weighted by Crippen LogP contribution is 2.27. The van der Waals surface area contributed by atoms with Crippen LogP contribution in [0.1, 0.15) is 31.2 Å². The van der Waals surface area contributed by atoms with Crippen LogP contribution in [-0.2, 0) is 11.3 Å². The van der Waals surface area contributed by atoms with Crippen molar-refractivity contribution in [3.63, 3.8) is 0 Å². The summed E-state index contributed by atoms with van der Waals surface area (Å²) in [5.41, 5.74) is 1.25. The second kappa shape index (κ2) is 7.50. The molecule has 0 radical (unpaired) electrons. The number of ether oxygens (including phenoxy) is 3. The third-order valence-corrected chi connectivity index (χ3v) is 4.16. The van der Waals surface area contributed by atoms with E-state index >= 15 is 0 Å². The lowest BCUT2D eigenvalue weighted by Gasteiger charge is -2.28. The van der Waals surface area contributed by atoms with Crippen molar-refractivity contribution < 1.29 is 19.5 Å². The van der Waals surface area contributed by atoms with Gasteiger partial charge in [-0.25, -0.2) is 0 Å². The smallest absolute Gasteiger partial charge is 0.161 e. The van der Waals surface area contributed by atoms with Gasteiger partial charge in [-0.15, -0.1) is 0 Å². The van der Waals surface area contributed by atoms with Crippen LogP contribution in [0.4, 0.5) is 0 Å². The molecule has 0 aromatic heterocycles. The lowest BCUT2D eigenvalue weighted by atomic mass is 9.92. The van der Waals surface area contributed by atoms with E-state index in [0.29, 0.717) is 12.1 Å². The fourth-order valence-corrected chi connectivity index (χ4v) is 2.98. The Bertz CT molecular complexity index is 422. The summed E-state index contributed by atoms with van der Waals surface area (Å²) < 4.78 is 16.2. The molecule has 0 unspecified atom stereocenters. The van der Waals surface area contributed by atoms with Crippen LogP contribution in [0.25, 0.3) is 0 Å². The number of methoxy groups -OCH3 is 3. The maximum absolute atomic E-state index is 5.60. The zero-order valence-corrected chi connectivity index (χ0v) is 12.7. The molecule has 0 spiro atoms. The molecule has 4 heteroatoms. The minimum atomic E-state index is 0.392. The van der Waals surface area contributed by atoms with Gasteiger partial charge >= 0.3 is 0 Å². The predicted molar refractivity (Wildman–Crippen MR) is 78.2 cm³/mol. The molecule has 0 heterocycles. The summed E-state index contributed by atoms with van der Waals surface area (Å²) in [7, 11) is 5.16. The SMILES string of the molecule is COc1ccc(C[NH2+][C@@H]2CCCC[C@@H]2OC)cc1OC. The molecule has 0 aliphatic heterocycles. The summed E-state index contributed by atoms with van der Waals surface area (Å²) in [5, 5.41) is 2.40. The predicted octanol–water partition coefficient (Wildman–Crippen LogP) is 1.72. The number of quaternary nitrogens is 1. The van der Waals surface area contributed by atoms with Crippen LogP contribution in [-0.4, -0.2) is 33.5 Å². The van der Waals surface area contributed by atoms with Crippen molar-refractivity contribution in [3.05, 3.63) is 23.8 Å². The lowest BCUT2D eigenvalue weighted by Crippen LogP contribution is -2.91. The Morgan fingerprint density at radius 3 is 2.50 bits per heavy atom. The fourth-order valence-electron chi connectivity index (χ4n) is 2.98. The Balaban J connectivity index is 1.96. The molecule has 1 aliphatic rings. The molecule has 112 valence electrons. The third-order valence-electron chi connectivity index (χ3n) is 4.16. The average molecular weight is 280 g/mol. The number of hydrogen-bond donors (Lipinski definition) is 1. The number of hydrogen-bond acceptors (Lipinski definition) is 3. The number of rotatable bonds is 6. The van der Waals surface area contributed by atoms with Gasteiger partial charge in [-0.05, 0) is 31.0 Å². The molecule has 2 atom stereocenters. The highest BCUT2D eigenvalue weighted by Gasteiger charge is 2.27. The van der Waals surface area contributed by atoms with Crippen LogP contribution in [0.15, 0.2) is 18.2 Å². The van der Waals surface area contributed by atoms with Gasteiger partial charge < -0.3 is 19.5 Å². The summed E-state index contributed by atoms with van der Waals surface area (Å²) in [6.45, 7) is 0.949. The zero-order chi connectivity index (χ0) is 14.4. The van der Waals surface area contributed by atoms with E-state index in [1.807, 2.05) is 13.2 Å². The highest BCUT2D eigenvalue weighted by atomic mass is 16.5. The van der Waals surface area contributed by atoms with Gasteiger partial charge in [-0.1, -0.05) is 6.42 Å². The Kier molecular flexibility index (Phi) is 5.68. The molecular formula is C16H26NO3+. The largest absolute Gasteiger partial charge is 0.493 e. The van der Waals surface area contributed by atoms with Crippen molar-refractivity contribution in [2.75, 3.05) is 21.3 Å². The molecule has 0 saturated heterocycles. The van der Waals surface area contributed by atoms with E-state index in [9.17, 15) is 0 Å². The maximum atomic E-state index is 5.60. The van der Waals surface area contributed by atoms with E-state index in [2.05, 4.69) is 17.4 Å². The molecule has 1 saturated carbocycles. The summed E-state index contributed by atoms with van der Waals surface area (Å²) in [4.78, 5) is 0. The van der Waals surface area contributed by atoms with Crippen LogP contribution in [0.3, 0.4) is 0 Å².